The van der Waals surface area contributed by atoms with Crippen molar-refractivity contribution in [3.63, 3.8) is 0 Å². The molecule has 8 rings (SSSR count). The van der Waals surface area contributed by atoms with Crippen LogP contribution in [-0.2, 0) is 41.9 Å². The second-order valence-corrected chi connectivity index (χ2v) is 16.9. The number of carbonyl (C=O) groups excluding carboxylic acids is 4. The number of aromatic nitrogens is 2. The number of nitrogen functional groups attached to an aromatic ring is 1. The van der Waals surface area contributed by atoms with Crippen molar-refractivity contribution in [2.75, 3.05) is 31.6 Å². The molecular weight excluding hydrogens is 1060 g/mol. The first-order chi connectivity index (χ1) is 31.5. The summed E-state index contributed by atoms with van der Waals surface area (Å²) in [4.78, 5) is 58.7. The molecule has 4 N–H and O–H groups in total. The molecule has 1 aromatic heterocycles. The summed E-state index contributed by atoms with van der Waals surface area (Å²) in [6.45, 7) is 3.64. The molecule has 0 unspecified atom stereocenters. The molecule has 19 heteroatoms. The number of nitrogens with two attached hydrogens (primary N) is 1. The molecule has 3 saturated heterocycles. The van der Waals surface area contributed by atoms with Gasteiger partial charge in [-0.05, 0) is 73.9 Å². The van der Waals surface area contributed by atoms with E-state index in [1.165, 1.54) is 17.7 Å². The van der Waals surface area contributed by atoms with Crippen molar-refractivity contribution >= 4 is 78.1 Å². The van der Waals surface area contributed by atoms with Gasteiger partial charge in [-0.1, -0.05) is 133 Å². The summed E-state index contributed by atoms with van der Waals surface area (Å²) in [5, 5.41) is 15.8. The summed E-state index contributed by atoms with van der Waals surface area (Å²) in [5.74, 6) is 0.948. The third kappa shape index (κ3) is 19.4. The predicted octanol–water partition coefficient (Wildman–Crippen LogP) is 6.03. The minimum Gasteiger partial charge on any atom is -0.662 e. The van der Waals surface area contributed by atoms with Gasteiger partial charge in [0.15, 0.2) is 5.78 Å². The van der Waals surface area contributed by atoms with Crippen LogP contribution >= 0.6 is 47.8 Å². The first-order valence-corrected chi connectivity index (χ1v) is 23.5. The predicted molar refractivity (Wildman–Crippen MR) is 255 cm³/mol. The van der Waals surface area contributed by atoms with Crippen molar-refractivity contribution < 1.29 is 73.1 Å². The molecular formula is C47H52Br3N6NaO9. The van der Waals surface area contributed by atoms with Gasteiger partial charge in [0, 0.05) is 46.4 Å². The van der Waals surface area contributed by atoms with E-state index in [4.69, 9.17) is 35.4 Å². The number of imidazole rings is 1. The Labute approximate surface area is 432 Å². The third-order valence-electron chi connectivity index (χ3n) is 9.98. The van der Waals surface area contributed by atoms with E-state index in [-0.39, 0.29) is 84.4 Å². The van der Waals surface area contributed by atoms with Crippen LogP contribution in [0.1, 0.15) is 67.0 Å². The molecule has 3 fully saturated rings. The maximum atomic E-state index is 12.6. The van der Waals surface area contributed by atoms with Crippen molar-refractivity contribution in [2.45, 2.75) is 63.8 Å². The molecule has 346 valence electrons. The van der Waals surface area contributed by atoms with Gasteiger partial charge in [-0.15, -0.1) is 0 Å². The Hall–Kier alpha value is -4.40. The summed E-state index contributed by atoms with van der Waals surface area (Å²) < 4.78 is 17.7. The van der Waals surface area contributed by atoms with Gasteiger partial charge in [0.25, 0.3) is 6.47 Å². The van der Waals surface area contributed by atoms with E-state index in [2.05, 4.69) is 62.6 Å². The summed E-state index contributed by atoms with van der Waals surface area (Å²) in [7, 11) is 0. The molecule has 3 aliphatic heterocycles. The second-order valence-electron chi connectivity index (χ2n) is 14.5. The fourth-order valence-corrected chi connectivity index (χ4v) is 7.62. The molecule has 4 heterocycles. The number of nitrogens with zero attached hydrogens (tertiary/aromatic N) is 3. The van der Waals surface area contributed by atoms with Crippen molar-refractivity contribution in [1.82, 2.24) is 19.8 Å². The number of carbonyl (C=O) groups is 4. The Morgan fingerprint density at radius 3 is 1.77 bits per heavy atom. The minimum absolute atomic E-state index is 0. The van der Waals surface area contributed by atoms with Crippen LogP contribution in [-0.4, -0.2) is 87.7 Å². The summed E-state index contributed by atoms with van der Waals surface area (Å²) in [6, 6.07) is 34.2. The number of likely N-dealkylation sites (tertiary alicyclic amines) is 2. The number of amides is 2. The van der Waals surface area contributed by atoms with Crippen LogP contribution < -0.4 is 40.5 Å². The molecule has 0 radical (unpaired) electrons. The van der Waals surface area contributed by atoms with Gasteiger partial charge in [0.1, 0.15) is 24.9 Å². The molecule has 4 aromatic carbocycles. The van der Waals surface area contributed by atoms with E-state index in [1.807, 2.05) is 103 Å². The quantitative estimate of drug-likeness (QED) is 0.0279. The van der Waals surface area contributed by atoms with Gasteiger partial charge >= 0.3 is 41.7 Å². The fraction of sp³-hybridized carbons (Fsp3) is 0.319. The van der Waals surface area contributed by atoms with E-state index in [9.17, 15) is 14.4 Å². The molecule has 0 aliphatic carbocycles. The van der Waals surface area contributed by atoms with Gasteiger partial charge in [-0.3, -0.25) is 24.8 Å². The van der Waals surface area contributed by atoms with Crippen molar-refractivity contribution in [3.05, 3.63) is 147 Å². The molecule has 2 amide bonds. The number of hydrogen-bond donors (Lipinski definition) is 3. The molecule has 3 aliphatic rings. The molecule has 0 saturated carbocycles. The van der Waals surface area contributed by atoms with E-state index in [1.54, 1.807) is 17.0 Å². The smallest absolute Gasteiger partial charge is 0.662 e. The number of Topliss-reactive ketones (excluding diaryl/α,β-unsaturated/α-hetero) is 1. The van der Waals surface area contributed by atoms with Crippen LogP contribution in [0.15, 0.2) is 124 Å². The van der Waals surface area contributed by atoms with E-state index in [0.29, 0.717) is 13.1 Å². The standard InChI is InChI=1S/C21H20BrN3O2.C14H16BrNO3.C7H7BrN2.C4H8O.CH2O3.Na/c22-17-10-8-16(9-11-17)20-23-13-18(24-20)19-7-4-12-25(19)21(26)27-14-15-5-2-1-3-6-15;15-9-13(17)12-7-4-8-16(12)14(18)19-10-11-5-2-1-3-6-11;8-6-3-1-5(2-4-6)7(9)10;1-2-4-5-3-1;2-1-4-3;/h1-3,5-6,8-11,13,19H,4,7,12,14H2,(H,23,24);1-3,5-6,12H,4,7-10H2;1-4H,(H3,9,10);1-4H2;1,3H;/q;;;;;+1/p-1/t19-;12-;;;;/m00..../s1. The van der Waals surface area contributed by atoms with Crippen molar-refractivity contribution in [1.29, 1.82) is 5.41 Å². The van der Waals surface area contributed by atoms with Crippen LogP contribution in [0.2, 0.25) is 0 Å². The number of H-pyrrole nitrogens is 1. The van der Waals surface area contributed by atoms with E-state index >= 15 is 0 Å². The first-order valence-electron chi connectivity index (χ1n) is 20.8. The number of hydrogen-bond acceptors (Lipinski definition) is 11. The van der Waals surface area contributed by atoms with Gasteiger partial charge in [0.05, 0.1) is 29.3 Å². The Morgan fingerprint density at radius 2 is 1.29 bits per heavy atom. The van der Waals surface area contributed by atoms with Gasteiger partial charge in [-0.25, -0.2) is 14.6 Å². The van der Waals surface area contributed by atoms with Crippen molar-refractivity contribution in [2.24, 2.45) is 5.73 Å². The molecule has 0 spiro atoms. The number of ketones is 1. The Morgan fingerprint density at radius 1 is 0.788 bits per heavy atom. The Bertz CT molecular complexity index is 2200. The summed E-state index contributed by atoms with van der Waals surface area (Å²) >= 11 is 9.88. The average Bonchev–Trinajstić information content (AvgIpc) is 4.21. The molecule has 5 aromatic rings. The van der Waals surface area contributed by atoms with Crippen molar-refractivity contribution in [3.8, 4) is 11.4 Å². The number of ether oxygens (including phenoxy) is 3. The number of halogens is 3. The Kier molecular flexibility index (Phi) is 26.7. The monoisotopic (exact) mass is 1100 g/mol. The minimum atomic E-state index is -0.402. The summed E-state index contributed by atoms with van der Waals surface area (Å²) in [5.41, 5.74) is 9.88. The Balaban J connectivity index is 0.000000256. The maximum absolute atomic E-state index is 12.6. The number of nitrogens with one attached hydrogen (secondary N) is 2. The van der Waals surface area contributed by atoms with Crippen LogP contribution in [0, 0.1) is 5.41 Å². The number of alkyl halides is 1. The number of rotatable bonds is 10. The van der Waals surface area contributed by atoms with E-state index in [0.717, 1.165) is 81.6 Å². The molecule has 66 heavy (non-hydrogen) atoms. The zero-order valence-corrected chi connectivity index (χ0v) is 43.4. The topological polar surface area (TPSA) is 213 Å². The number of amidine groups is 1. The molecule has 0 bridgehead atoms. The van der Waals surface area contributed by atoms with Gasteiger partial charge in [0.2, 0.25) is 0 Å². The number of benzene rings is 4. The maximum Gasteiger partial charge on any atom is 1.00 e. The van der Waals surface area contributed by atoms with Crippen LogP contribution in [0.3, 0.4) is 0 Å². The van der Waals surface area contributed by atoms with Crippen LogP contribution in [0.4, 0.5) is 9.59 Å². The van der Waals surface area contributed by atoms with E-state index < -0.39 is 6.09 Å². The van der Waals surface area contributed by atoms with Gasteiger partial charge < -0.3 is 35.1 Å². The zero-order valence-electron chi connectivity index (χ0n) is 36.6. The average molecular weight is 1110 g/mol. The summed E-state index contributed by atoms with van der Waals surface area (Å²) in [6.07, 6.45) is 7.14. The normalized spacial score (nSPS) is 15.6. The van der Waals surface area contributed by atoms with Crippen LogP contribution in [0.5, 0.6) is 0 Å². The first kappa shape index (κ1) is 55.9. The zero-order chi connectivity index (χ0) is 46.8. The third-order valence-corrected chi connectivity index (χ3v) is 11.6. The fourth-order valence-electron chi connectivity index (χ4n) is 6.72. The SMILES string of the molecule is C1CCOC1.N=C(N)c1ccc(Br)cc1.O=C(CBr)[C@@H]1CCCN1C(=O)OCc1ccccc1.O=C(OCc1ccccc1)N1CCC[C@H]1c1cnc(-c2ccc(Br)cc2)[nH]1.O=CO[O-].[Na+]. The van der Waals surface area contributed by atoms with Gasteiger partial charge in [-0.2, -0.15) is 0 Å². The van der Waals surface area contributed by atoms with Crippen LogP contribution in [0.25, 0.3) is 11.4 Å². The molecule has 15 nitrogen and oxygen atoms in total. The number of aromatic amines is 1. The largest absolute Gasteiger partial charge is 1.00 e. The molecule has 2 atom stereocenters. The second kappa shape index (κ2) is 31.6.